The highest BCUT2D eigenvalue weighted by molar-refractivity contribution is 6.31. The standard InChI is InChI=1S/C33H33ClF2N4O3.ClH/c1-38(2)26-14-17-39(18-15-26)30(41)21-28-27-8-3-4-9-29(27)40(19-16-33(28,35)36)32(43)22-10-12-25(13-11-22)37-31(42)23-6-5-7-24(34)20-23;/h3-13,20-21,26H,14-19H2,1-2H3,(H,37,42);1H/b28-21-;. The molecule has 3 aromatic rings. The molecule has 5 rings (SSSR count). The minimum atomic E-state index is -3.32. The molecule has 0 bridgehead atoms. The first kappa shape index (κ1) is 33.1. The Balaban J connectivity index is 0.00000442. The van der Waals surface area contributed by atoms with Crippen molar-refractivity contribution in [3.05, 3.63) is 101 Å². The number of likely N-dealkylation sites (tertiary alicyclic amines) is 1. The van der Waals surface area contributed by atoms with E-state index in [4.69, 9.17) is 11.6 Å². The minimum absolute atomic E-state index is 0. The van der Waals surface area contributed by atoms with Crippen LogP contribution in [0.1, 0.15) is 45.5 Å². The lowest BCUT2D eigenvalue weighted by atomic mass is 9.96. The number of carbonyl (C=O) groups is 3. The van der Waals surface area contributed by atoms with Crippen LogP contribution in [0.15, 0.2) is 78.9 Å². The second-order valence-corrected chi connectivity index (χ2v) is 11.5. The average molecular weight is 644 g/mol. The molecule has 0 saturated carbocycles. The van der Waals surface area contributed by atoms with E-state index >= 15 is 8.78 Å². The summed E-state index contributed by atoms with van der Waals surface area (Å²) < 4.78 is 31.3. The summed E-state index contributed by atoms with van der Waals surface area (Å²) in [5.74, 6) is -4.59. The van der Waals surface area contributed by atoms with Crippen LogP contribution < -0.4 is 10.2 Å². The van der Waals surface area contributed by atoms with Crippen molar-refractivity contribution in [3.8, 4) is 0 Å². The Morgan fingerprint density at radius 1 is 0.932 bits per heavy atom. The lowest BCUT2D eigenvalue weighted by Gasteiger charge is -2.35. The zero-order valence-electron chi connectivity index (χ0n) is 24.4. The van der Waals surface area contributed by atoms with Crippen molar-refractivity contribution in [2.45, 2.75) is 31.2 Å². The van der Waals surface area contributed by atoms with E-state index in [1.54, 1.807) is 71.6 Å². The fourth-order valence-corrected chi connectivity index (χ4v) is 5.73. The number of nitrogens with zero attached hydrogens (tertiary/aromatic N) is 3. The number of para-hydroxylation sites is 1. The molecule has 232 valence electrons. The molecule has 44 heavy (non-hydrogen) atoms. The van der Waals surface area contributed by atoms with Gasteiger partial charge in [0.2, 0.25) is 5.91 Å². The zero-order chi connectivity index (χ0) is 30.7. The molecule has 0 atom stereocenters. The molecule has 0 unspecified atom stereocenters. The fraction of sp³-hybridized carbons (Fsp3) is 0.303. The number of nitrogens with one attached hydrogen (secondary N) is 1. The molecule has 3 aromatic carbocycles. The Hall–Kier alpha value is -3.79. The molecule has 3 amide bonds. The third-order valence-corrected chi connectivity index (χ3v) is 8.26. The van der Waals surface area contributed by atoms with E-state index in [2.05, 4.69) is 10.2 Å². The second kappa shape index (κ2) is 13.9. The van der Waals surface area contributed by atoms with Crippen LogP contribution in [-0.2, 0) is 4.79 Å². The molecule has 2 aliphatic heterocycles. The number of amides is 3. The van der Waals surface area contributed by atoms with Crippen LogP contribution in [0.2, 0.25) is 5.02 Å². The van der Waals surface area contributed by atoms with Crippen LogP contribution in [-0.4, -0.2) is 73.2 Å². The van der Waals surface area contributed by atoms with E-state index < -0.39 is 24.2 Å². The number of hydrogen-bond acceptors (Lipinski definition) is 4. The monoisotopic (exact) mass is 642 g/mol. The largest absolute Gasteiger partial charge is 0.339 e. The average Bonchev–Trinajstić information content (AvgIpc) is 3.10. The second-order valence-electron chi connectivity index (χ2n) is 11.0. The van der Waals surface area contributed by atoms with Crippen molar-refractivity contribution in [1.82, 2.24) is 9.80 Å². The third kappa shape index (κ3) is 7.29. The maximum atomic E-state index is 15.6. The number of allylic oxidation sites excluding steroid dienone is 1. The molecule has 0 spiro atoms. The van der Waals surface area contributed by atoms with Gasteiger partial charge in [0, 0.05) is 71.1 Å². The van der Waals surface area contributed by atoms with E-state index in [1.165, 1.54) is 11.0 Å². The van der Waals surface area contributed by atoms with Crippen LogP contribution in [0, 0.1) is 0 Å². The molecule has 1 fully saturated rings. The predicted molar refractivity (Wildman–Crippen MR) is 172 cm³/mol. The number of halogens is 4. The highest BCUT2D eigenvalue weighted by Crippen LogP contribution is 2.43. The summed E-state index contributed by atoms with van der Waals surface area (Å²) in [5, 5.41) is 3.19. The molecule has 0 aromatic heterocycles. The third-order valence-electron chi connectivity index (χ3n) is 8.02. The van der Waals surface area contributed by atoms with Gasteiger partial charge in [-0.05, 0) is 75.5 Å². The van der Waals surface area contributed by atoms with Crippen LogP contribution in [0.25, 0.3) is 5.57 Å². The lowest BCUT2D eigenvalue weighted by Crippen LogP contribution is -2.44. The first-order valence-corrected chi connectivity index (χ1v) is 14.5. The summed E-state index contributed by atoms with van der Waals surface area (Å²) in [6, 6.07) is 19.6. The van der Waals surface area contributed by atoms with Gasteiger partial charge in [-0.2, -0.15) is 0 Å². The Morgan fingerprint density at radius 2 is 1.61 bits per heavy atom. The number of rotatable bonds is 5. The summed E-state index contributed by atoms with van der Waals surface area (Å²) in [6.07, 6.45) is 1.98. The first-order chi connectivity index (χ1) is 20.5. The molecule has 11 heteroatoms. The number of alkyl halides is 2. The number of carbonyl (C=O) groups excluding carboxylic acids is 3. The Morgan fingerprint density at radius 3 is 2.27 bits per heavy atom. The van der Waals surface area contributed by atoms with E-state index in [0.717, 1.165) is 18.9 Å². The number of hydrogen-bond donors (Lipinski definition) is 1. The SMILES string of the molecule is CN(C)C1CCN(C(=O)/C=C2/c3ccccc3N(C(=O)c3ccc(NC(=O)c4cccc(Cl)c4)cc3)CCC2(F)F)CC1.Cl. The molecular weight excluding hydrogens is 609 g/mol. The highest BCUT2D eigenvalue weighted by atomic mass is 35.5. The van der Waals surface area contributed by atoms with Crippen LogP contribution in [0.4, 0.5) is 20.2 Å². The predicted octanol–water partition coefficient (Wildman–Crippen LogP) is 6.64. The van der Waals surface area contributed by atoms with Crippen molar-refractivity contribution < 1.29 is 23.2 Å². The molecule has 7 nitrogen and oxygen atoms in total. The molecule has 0 radical (unpaired) electrons. The Kier molecular flexibility index (Phi) is 10.4. The Labute approximate surface area is 266 Å². The normalized spacial score (nSPS) is 17.5. The van der Waals surface area contributed by atoms with Crippen molar-refractivity contribution >= 4 is 58.7 Å². The summed E-state index contributed by atoms with van der Waals surface area (Å²) in [5.41, 5.74) is 1.20. The van der Waals surface area contributed by atoms with Gasteiger partial charge < -0.3 is 20.0 Å². The van der Waals surface area contributed by atoms with E-state index in [9.17, 15) is 14.4 Å². The maximum absolute atomic E-state index is 15.6. The van der Waals surface area contributed by atoms with Gasteiger partial charge in [0.1, 0.15) is 0 Å². The van der Waals surface area contributed by atoms with Crippen molar-refractivity contribution in [2.24, 2.45) is 0 Å². The Bertz CT molecular complexity index is 1550. The molecular formula is C33H34Cl2F2N4O3. The smallest absolute Gasteiger partial charge is 0.275 e. The molecule has 0 aliphatic carbocycles. The lowest BCUT2D eigenvalue weighted by molar-refractivity contribution is -0.127. The van der Waals surface area contributed by atoms with Crippen molar-refractivity contribution in [2.75, 3.05) is 43.9 Å². The van der Waals surface area contributed by atoms with Gasteiger partial charge in [-0.15, -0.1) is 12.4 Å². The minimum Gasteiger partial charge on any atom is -0.339 e. The first-order valence-electron chi connectivity index (χ1n) is 14.2. The summed E-state index contributed by atoms with van der Waals surface area (Å²) in [4.78, 5) is 44.5. The van der Waals surface area contributed by atoms with Gasteiger partial charge in [-0.25, -0.2) is 8.78 Å². The number of piperidine rings is 1. The van der Waals surface area contributed by atoms with E-state index in [1.807, 2.05) is 14.1 Å². The summed E-state index contributed by atoms with van der Waals surface area (Å²) in [7, 11) is 3.99. The quantitative estimate of drug-likeness (QED) is 0.317. The van der Waals surface area contributed by atoms with Gasteiger partial charge in [0.15, 0.2) is 0 Å². The van der Waals surface area contributed by atoms with Gasteiger partial charge in [0.25, 0.3) is 17.7 Å². The van der Waals surface area contributed by atoms with Gasteiger partial charge >= 0.3 is 0 Å². The van der Waals surface area contributed by atoms with Crippen LogP contribution >= 0.6 is 24.0 Å². The van der Waals surface area contributed by atoms with Crippen molar-refractivity contribution in [1.29, 1.82) is 0 Å². The maximum Gasteiger partial charge on any atom is 0.275 e. The van der Waals surface area contributed by atoms with E-state index in [0.29, 0.717) is 41.1 Å². The highest BCUT2D eigenvalue weighted by Gasteiger charge is 2.42. The number of benzene rings is 3. The van der Waals surface area contributed by atoms with Crippen LogP contribution in [0.3, 0.4) is 0 Å². The summed E-state index contributed by atoms with van der Waals surface area (Å²) >= 11 is 5.98. The van der Waals surface area contributed by atoms with Crippen LogP contribution in [0.5, 0.6) is 0 Å². The zero-order valence-corrected chi connectivity index (χ0v) is 26.0. The van der Waals surface area contributed by atoms with E-state index in [-0.39, 0.29) is 41.6 Å². The van der Waals surface area contributed by atoms with Gasteiger partial charge in [-0.1, -0.05) is 35.9 Å². The fourth-order valence-electron chi connectivity index (χ4n) is 5.54. The van der Waals surface area contributed by atoms with Gasteiger partial charge in [-0.3, -0.25) is 14.4 Å². The molecule has 1 saturated heterocycles. The number of fused-ring (bicyclic) bond motifs is 1. The summed E-state index contributed by atoms with van der Waals surface area (Å²) in [6.45, 7) is 0.757. The number of anilines is 2. The van der Waals surface area contributed by atoms with Gasteiger partial charge in [0.05, 0.1) is 5.69 Å². The van der Waals surface area contributed by atoms with Crippen molar-refractivity contribution in [3.63, 3.8) is 0 Å². The topological polar surface area (TPSA) is 73.0 Å². The molecule has 2 aliphatic rings. The molecule has 2 heterocycles. The molecule has 1 N–H and O–H groups in total.